The van der Waals surface area contributed by atoms with Crippen molar-refractivity contribution in [3.8, 4) is 0 Å². The van der Waals surface area contributed by atoms with Gasteiger partial charge in [0.1, 0.15) is 6.10 Å². The third-order valence-electron chi connectivity index (χ3n) is 11.3. The molecule has 0 radical (unpaired) electrons. The lowest BCUT2D eigenvalue weighted by molar-refractivity contribution is -0.151. The lowest BCUT2D eigenvalue weighted by atomic mass is 10.0. The number of aliphatic hydroxyl groups excluding tert-OH is 2. The number of allylic oxidation sites excluding steroid dienone is 18. The van der Waals surface area contributed by atoms with Crippen molar-refractivity contribution in [3.05, 3.63) is 109 Å². The Labute approximate surface area is 394 Å². The number of hydrogen-bond donors (Lipinski definition) is 3. The van der Waals surface area contributed by atoms with Gasteiger partial charge in [-0.3, -0.25) is 9.59 Å². The van der Waals surface area contributed by atoms with Crippen LogP contribution in [0.1, 0.15) is 220 Å². The molecule has 6 nitrogen and oxygen atoms in total. The lowest BCUT2D eigenvalue weighted by Crippen LogP contribution is -2.46. The van der Waals surface area contributed by atoms with Crippen molar-refractivity contribution < 1.29 is 24.5 Å². The molecular weight excluding hydrogens is 791 g/mol. The second kappa shape index (κ2) is 50.5. The number of unbranched alkanes of at least 4 members (excludes halogenated alkanes) is 22. The smallest absolute Gasteiger partial charge is 0.306 e. The minimum Gasteiger partial charge on any atom is -0.462 e. The maximum Gasteiger partial charge on any atom is 0.306 e. The number of ether oxygens (including phenoxy) is 1. The molecule has 64 heavy (non-hydrogen) atoms. The average molecular weight is 888 g/mol. The largest absolute Gasteiger partial charge is 0.462 e. The van der Waals surface area contributed by atoms with Crippen molar-refractivity contribution in [2.75, 3.05) is 6.61 Å². The van der Waals surface area contributed by atoms with Gasteiger partial charge in [0.15, 0.2) is 0 Å². The number of hydrogen-bond acceptors (Lipinski definition) is 5. The van der Waals surface area contributed by atoms with Crippen LogP contribution < -0.4 is 5.32 Å². The molecule has 0 bridgehead atoms. The zero-order valence-corrected chi connectivity index (χ0v) is 41.4. The van der Waals surface area contributed by atoms with Crippen LogP contribution in [0.15, 0.2) is 109 Å². The van der Waals surface area contributed by atoms with Crippen molar-refractivity contribution in [1.82, 2.24) is 5.32 Å². The number of amides is 1. The van der Waals surface area contributed by atoms with Crippen molar-refractivity contribution in [2.24, 2.45) is 0 Å². The molecule has 0 aromatic heterocycles. The zero-order valence-electron chi connectivity index (χ0n) is 41.4. The van der Waals surface area contributed by atoms with Crippen LogP contribution in [0.3, 0.4) is 0 Å². The summed E-state index contributed by atoms with van der Waals surface area (Å²) in [6, 6.07) is -0.729. The number of carbonyl (C=O) groups is 2. The Morgan fingerprint density at radius 2 is 0.844 bits per heavy atom. The van der Waals surface area contributed by atoms with Gasteiger partial charge in [0, 0.05) is 6.42 Å². The van der Waals surface area contributed by atoms with E-state index in [1.807, 2.05) is 54.7 Å². The zero-order chi connectivity index (χ0) is 46.7. The Morgan fingerprint density at radius 1 is 0.469 bits per heavy atom. The van der Waals surface area contributed by atoms with Crippen LogP contribution in [0, 0.1) is 0 Å². The molecule has 364 valence electrons. The first kappa shape index (κ1) is 60.5. The minimum absolute atomic E-state index is 0.0298. The minimum atomic E-state index is -0.812. The molecule has 6 heteroatoms. The van der Waals surface area contributed by atoms with E-state index in [0.29, 0.717) is 19.3 Å². The first-order valence-electron chi connectivity index (χ1n) is 26.2. The monoisotopic (exact) mass is 888 g/mol. The van der Waals surface area contributed by atoms with E-state index in [-0.39, 0.29) is 24.9 Å². The van der Waals surface area contributed by atoms with Crippen LogP contribution in [-0.2, 0) is 14.3 Å². The van der Waals surface area contributed by atoms with Gasteiger partial charge in [-0.15, -0.1) is 0 Å². The first-order valence-corrected chi connectivity index (χ1v) is 26.2. The van der Waals surface area contributed by atoms with Gasteiger partial charge < -0.3 is 20.3 Å². The SMILES string of the molecule is CC\C=C/C=C/C=C/C=C\C=C\C=C\CCCCCC(=O)OC(CCCCC/C=C/C=C/C=C/CCCCCCC)CC(=O)NC(CO)C(O)CCCCCCCCCCCCCC. The fourth-order valence-corrected chi connectivity index (χ4v) is 7.34. The van der Waals surface area contributed by atoms with Gasteiger partial charge in [0.25, 0.3) is 0 Å². The first-order chi connectivity index (χ1) is 31.5. The maximum atomic E-state index is 13.2. The van der Waals surface area contributed by atoms with Gasteiger partial charge in [-0.1, -0.05) is 246 Å². The predicted molar refractivity (Wildman–Crippen MR) is 277 cm³/mol. The number of rotatable bonds is 45. The molecule has 0 aromatic rings. The van der Waals surface area contributed by atoms with Crippen LogP contribution in [0.25, 0.3) is 0 Å². The second-order valence-electron chi connectivity index (χ2n) is 17.4. The molecule has 3 N–H and O–H groups in total. The molecular formula is C58H97NO5. The van der Waals surface area contributed by atoms with Crippen molar-refractivity contribution in [3.63, 3.8) is 0 Å². The Morgan fingerprint density at radius 3 is 1.30 bits per heavy atom. The second-order valence-corrected chi connectivity index (χ2v) is 17.4. The summed E-state index contributed by atoms with van der Waals surface area (Å²) in [6.07, 6.45) is 68.5. The molecule has 0 aliphatic carbocycles. The molecule has 0 heterocycles. The third kappa shape index (κ3) is 45.1. The quantitative estimate of drug-likeness (QED) is 0.0322. The highest BCUT2D eigenvalue weighted by Crippen LogP contribution is 2.17. The highest BCUT2D eigenvalue weighted by molar-refractivity contribution is 5.77. The fourth-order valence-electron chi connectivity index (χ4n) is 7.34. The number of esters is 1. The Hall–Kier alpha value is -3.48. The highest BCUT2D eigenvalue weighted by atomic mass is 16.5. The van der Waals surface area contributed by atoms with Crippen LogP contribution in [-0.4, -0.2) is 46.9 Å². The van der Waals surface area contributed by atoms with Crippen LogP contribution >= 0.6 is 0 Å². The molecule has 0 aliphatic rings. The number of aliphatic hydroxyl groups is 2. The summed E-state index contributed by atoms with van der Waals surface area (Å²) in [4.78, 5) is 26.2. The van der Waals surface area contributed by atoms with E-state index in [9.17, 15) is 19.8 Å². The Kier molecular flexibility index (Phi) is 47.8. The summed E-state index contributed by atoms with van der Waals surface area (Å²) in [5.41, 5.74) is 0. The van der Waals surface area contributed by atoms with Gasteiger partial charge in [-0.25, -0.2) is 0 Å². The number of carbonyl (C=O) groups excluding carboxylic acids is 2. The van der Waals surface area contributed by atoms with E-state index in [2.05, 4.69) is 80.8 Å². The standard InChI is InChI=1S/C58H97NO5/c1-4-7-10-13-16-19-22-25-27-29-31-33-36-39-42-45-48-51-58(63)64-54(49-46-43-40-37-34-32-30-28-26-23-20-17-14-11-8-5-2)52-57(62)59-55(53-60)56(61)50-47-44-41-38-35-24-21-18-15-12-9-6-3/h7,10,13,16,19,22-23,25-34,36,54-56,60-61H,4-6,8-9,11-12,14-15,17-18,20-21,24,35,37-53H2,1-3H3,(H,59,62)/b10-7-,16-13+,22-19+,26-23+,27-25-,30-28+,31-29+,34-32+,36-33+. The molecule has 0 spiro atoms. The molecule has 0 saturated heterocycles. The van der Waals surface area contributed by atoms with Gasteiger partial charge in [0.2, 0.25) is 5.91 Å². The molecule has 0 fully saturated rings. The van der Waals surface area contributed by atoms with Gasteiger partial charge in [0.05, 0.1) is 25.2 Å². The van der Waals surface area contributed by atoms with E-state index in [4.69, 9.17) is 4.74 Å². The van der Waals surface area contributed by atoms with E-state index in [0.717, 1.165) is 83.5 Å². The third-order valence-corrected chi connectivity index (χ3v) is 11.3. The van der Waals surface area contributed by atoms with Crippen LogP contribution in [0.5, 0.6) is 0 Å². The summed E-state index contributed by atoms with van der Waals surface area (Å²) >= 11 is 0. The molecule has 0 saturated carbocycles. The van der Waals surface area contributed by atoms with E-state index >= 15 is 0 Å². The molecule has 0 rings (SSSR count). The van der Waals surface area contributed by atoms with Gasteiger partial charge in [-0.05, 0) is 70.6 Å². The Balaban J connectivity index is 4.79. The highest BCUT2D eigenvalue weighted by Gasteiger charge is 2.24. The van der Waals surface area contributed by atoms with Crippen molar-refractivity contribution >= 4 is 11.9 Å². The summed E-state index contributed by atoms with van der Waals surface area (Å²) in [6.45, 7) is 6.29. The summed E-state index contributed by atoms with van der Waals surface area (Å²) in [5, 5.41) is 23.8. The average Bonchev–Trinajstić information content (AvgIpc) is 3.29. The molecule has 3 atom stereocenters. The summed E-state index contributed by atoms with van der Waals surface area (Å²) < 4.78 is 5.90. The van der Waals surface area contributed by atoms with Gasteiger partial charge >= 0.3 is 5.97 Å². The lowest BCUT2D eigenvalue weighted by Gasteiger charge is -2.24. The molecule has 3 unspecified atom stereocenters. The van der Waals surface area contributed by atoms with Crippen LogP contribution in [0.2, 0.25) is 0 Å². The van der Waals surface area contributed by atoms with Crippen LogP contribution in [0.4, 0.5) is 0 Å². The normalized spacial score (nSPS) is 14.1. The van der Waals surface area contributed by atoms with Crippen molar-refractivity contribution in [1.29, 1.82) is 0 Å². The van der Waals surface area contributed by atoms with E-state index < -0.39 is 18.2 Å². The fraction of sp³-hybridized carbons (Fsp3) is 0.655. The summed E-state index contributed by atoms with van der Waals surface area (Å²) in [7, 11) is 0. The number of nitrogens with one attached hydrogen (secondary N) is 1. The Bertz CT molecular complexity index is 1320. The summed E-state index contributed by atoms with van der Waals surface area (Å²) in [5.74, 6) is -0.567. The van der Waals surface area contributed by atoms with Gasteiger partial charge in [-0.2, -0.15) is 0 Å². The molecule has 0 aromatic carbocycles. The predicted octanol–water partition coefficient (Wildman–Crippen LogP) is 15.9. The topological polar surface area (TPSA) is 95.9 Å². The maximum absolute atomic E-state index is 13.2. The van der Waals surface area contributed by atoms with E-state index in [1.165, 1.54) is 89.9 Å². The molecule has 1 amide bonds. The van der Waals surface area contributed by atoms with Crippen molar-refractivity contribution in [2.45, 2.75) is 238 Å². The van der Waals surface area contributed by atoms with E-state index in [1.54, 1.807) is 0 Å². The molecule has 0 aliphatic heterocycles.